The number of methoxy groups -OCH3 is 1. The van der Waals surface area contributed by atoms with Crippen molar-refractivity contribution in [2.24, 2.45) is 0 Å². The van der Waals surface area contributed by atoms with Gasteiger partial charge in [0.05, 0.1) is 27.7 Å². The van der Waals surface area contributed by atoms with Gasteiger partial charge in [-0.25, -0.2) is 8.42 Å². The molecule has 28 heavy (non-hydrogen) atoms. The van der Waals surface area contributed by atoms with Gasteiger partial charge in [-0.3, -0.25) is 9.52 Å². The smallest absolute Gasteiger partial charge is 0.261 e. The monoisotopic (exact) mass is 486 g/mol. The first-order valence-electron chi connectivity index (χ1n) is 8.77. The zero-order valence-corrected chi connectivity index (χ0v) is 18.4. The van der Waals surface area contributed by atoms with Gasteiger partial charge in [0, 0.05) is 18.1 Å². The van der Waals surface area contributed by atoms with Crippen molar-refractivity contribution in [2.45, 2.75) is 24.2 Å². The third kappa shape index (κ3) is 4.61. The lowest BCUT2D eigenvalue weighted by Gasteiger charge is -2.27. The number of halogens is 2. The number of ether oxygens (including phenoxy) is 1. The summed E-state index contributed by atoms with van der Waals surface area (Å²) in [5, 5.41) is 0.337. The van der Waals surface area contributed by atoms with Crippen molar-refractivity contribution in [1.82, 2.24) is 4.90 Å². The van der Waals surface area contributed by atoms with Gasteiger partial charge in [0.2, 0.25) is 0 Å². The molecule has 3 rings (SSSR count). The molecule has 0 aromatic heterocycles. The van der Waals surface area contributed by atoms with Crippen LogP contribution in [0, 0.1) is 0 Å². The zero-order chi connectivity index (χ0) is 20.3. The minimum Gasteiger partial charge on any atom is -0.496 e. The third-order valence-corrected chi connectivity index (χ3v) is 6.75. The van der Waals surface area contributed by atoms with Gasteiger partial charge in [-0.1, -0.05) is 11.6 Å². The van der Waals surface area contributed by atoms with Crippen LogP contribution in [0.25, 0.3) is 0 Å². The lowest BCUT2D eigenvalue weighted by molar-refractivity contribution is 0.0725. The summed E-state index contributed by atoms with van der Waals surface area (Å²) >= 11 is 9.35. The van der Waals surface area contributed by atoms with Crippen LogP contribution >= 0.6 is 27.5 Å². The van der Waals surface area contributed by atoms with Crippen molar-refractivity contribution < 1.29 is 17.9 Å². The third-order valence-electron chi connectivity index (χ3n) is 4.53. The van der Waals surface area contributed by atoms with Crippen molar-refractivity contribution in [2.75, 3.05) is 24.9 Å². The van der Waals surface area contributed by atoms with E-state index in [2.05, 4.69) is 20.7 Å². The number of nitrogens with zero attached hydrogens (tertiary/aromatic N) is 1. The van der Waals surface area contributed by atoms with E-state index in [-0.39, 0.29) is 22.1 Å². The second kappa shape index (κ2) is 8.71. The molecule has 0 unspecified atom stereocenters. The fourth-order valence-electron chi connectivity index (χ4n) is 3.07. The van der Waals surface area contributed by atoms with Crippen LogP contribution in [-0.2, 0) is 10.0 Å². The standard InChI is InChI=1S/C19H20BrClN2O4S/c1-27-18-8-6-14(12-16(18)20)28(25,26)22-17-11-13(21)5-7-15(17)19(24)23-9-3-2-4-10-23/h5-8,11-12,22H,2-4,9-10H2,1H3. The molecule has 2 aromatic rings. The average molecular weight is 488 g/mol. The molecule has 0 aliphatic carbocycles. The maximum absolute atomic E-state index is 12.9. The van der Waals surface area contributed by atoms with Crippen molar-refractivity contribution in [3.63, 3.8) is 0 Å². The summed E-state index contributed by atoms with van der Waals surface area (Å²) in [7, 11) is -2.43. The van der Waals surface area contributed by atoms with Crippen molar-refractivity contribution in [3.8, 4) is 5.75 Å². The SMILES string of the molecule is COc1ccc(S(=O)(=O)Nc2cc(Cl)ccc2C(=O)N2CCCCC2)cc1Br. The van der Waals surface area contributed by atoms with E-state index in [1.807, 2.05) is 0 Å². The molecule has 0 bridgehead atoms. The molecular weight excluding hydrogens is 468 g/mol. The number of rotatable bonds is 5. The van der Waals surface area contributed by atoms with E-state index in [4.69, 9.17) is 16.3 Å². The van der Waals surface area contributed by atoms with Gasteiger partial charge in [-0.15, -0.1) is 0 Å². The van der Waals surface area contributed by atoms with Gasteiger partial charge in [0.1, 0.15) is 5.75 Å². The minimum atomic E-state index is -3.93. The number of carbonyl (C=O) groups excluding carboxylic acids is 1. The Labute approximate surface area is 178 Å². The van der Waals surface area contributed by atoms with Gasteiger partial charge < -0.3 is 9.64 Å². The number of hydrogen-bond donors (Lipinski definition) is 1. The number of hydrogen-bond acceptors (Lipinski definition) is 4. The Bertz CT molecular complexity index is 991. The predicted octanol–water partition coefficient (Wildman–Crippen LogP) is 4.54. The maximum Gasteiger partial charge on any atom is 0.261 e. The normalized spacial score (nSPS) is 14.6. The summed E-state index contributed by atoms with van der Waals surface area (Å²) in [6.45, 7) is 1.33. The number of piperidine rings is 1. The molecule has 1 N–H and O–H groups in total. The Kier molecular flexibility index (Phi) is 6.52. The van der Waals surface area contributed by atoms with Crippen LogP contribution in [-0.4, -0.2) is 39.4 Å². The average Bonchev–Trinajstić information content (AvgIpc) is 2.68. The Balaban J connectivity index is 1.93. The molecule has 1 heterocycles. The molecule has 9 heteroatoms. The molecular formula is C19H20BrClN2O4S. The number of sulfonamides is 1. The van der Waals surface area contributed by atoms with Gasteiger partial charge in [0.25, 0.3) is 15.9 Å². The molecule has 0 atom stereocenters. The summed E-state index contributed by atoms with van der Waals surface area (Å²) < 4.78 is 33.9. The lowest BCUT2D eigenvalue weighted by Crippen LogP contribution is -2.36. The highest BCUT2D eigenvalue weighted by Gasteiger charge is 2.24. The summed E-state index contributed by atoms with van der Waals surface area (Å²) in [6, 6.07) is 9.02. The van der Waals surface area contributed by atoms with Crippen molar-refractivity contribution in [3.05, 3.63) is 51.5 Å². The van der Waals surface area contributed by atoms with E-state index in [0.29, 0.717) is 28.3 Å². The van der Waals surface area contributed by atoms with Crippen molar-refractivity contribution >= 4 is 49.1 Å². The molecule has 1 amide bonds. The van der Waals surface area contributed by atoms with Crippen LogP contribution in [0.3, 0.4) is 0 Å². The molecule has 1 aliphatic rings. The summed E-state index contributed by atoms with van der Waals surface area (Å²) in [5.41, 5.74) is 0.442. The fraction of sp³-hybridized carbons (Fsp3) is 0.316. The van der Waals surface area contributed by atoms with E-state index in [1.54, 1.807) is 23.1 Å². The fourth-order valence-corrected chi connectivity index (χ4v) is 5.03. The molecule has 0 radical (unpaired) electrons. The van der Waals surface area contributed by atoms with Crippen LogP contribution in [0.1, 0.15) is 29.6 Å². The minimum absolute atomic E-state index is 0.0384. The molecule has 0 spiro atoms. The van der Waals surface area contributed by atoms with E-state index in [0.717, 1.165) is 19.3 Å². The molecule has 1 saturated heterocycles. The molecule has 150 valence electrons. The highest BCUT2D eigenvalue weighted by Crippen LogP contribution is 2.30. The van der Waals surface area contributed by atoms with Crippen LogP contribution < -0.4 is 9.46 Å². The first kappa shape index (κ1) is 21.0. The number of benzene rings is 2. The van der Waals surface area contributed by atoms with Crippen LogP contribution in [0.5, 0.6) is 5.75 Å². The molecule has 1 fully saturated rings. The largest absolute Gasteiger partial charge is 0.496 e. The van der Waals surface area contributed by atoms with Gasteiger partial charge in [0.15, 0.2) is 0 Å². The second-order valence-electron chi connectivity index (χ2n) is 6.44. The Hall–Kier alpha value is -1.77. The topological polar surface area (TPSA) is 75.7 Å². The molecule has 0 saturated carbocycles. The van der Waals surface area contributed by atoms with Crippen LogP contribution in [0.15, 0.2) is 45.8 Å². The highest BCUT2D eigenvalue weighted by atomic mass is 79.9. The zero-order valence-electron chi connectivity index (χ0n) is 15.2. The molecule has 2 aromatic carbocycles. The quantitative estimate of drug-likeness (QED) is 0.672. The van der Waals surface area contributed by atoms with E-state index in [9.17, 15) is 13.2 Å². The first-order valence-corrected chi connectivity index (χ1v) is 11.4. The van der Waals surface area contributed by atoms with Gasteiger partial charge >= 0.3 is 0 Å². The van der Waals surface area contributed by atoms with Crippen LogP contribution in [0.2, 0.25) is 5.02 Å². The van der Waals surface area contributed by atoms with Crippen LogP contribution in [0.4, 0.5) is 5.69 Å². The lowest BCUT2D eigenvalue weighted by atomic mass is 10.1. The van der Waals surface area contributed by atoms with E-state index < -0.39 is 10.0 Å². The second-order valence-corrected chi connectivity index (χ2v) is 9.42. The number of likely N-dealkylation sites (tertiary alicyclic amines) is 1. The predicted molar refractivity (Wildman–Crippen MR) is 113 cm³/mol. The molecule has 1 aliphatic heterocycles. The number of anilines is 1. The number of amides is 1. The summed E-state index contributed by atoms with van der Waals surface area (Å²) in [5.74, 6) is 0.313. The van der Waals surface area contributed by atoms with Crippen molar-refractivity contribution in [1.29, 1.82) is 0 Å². The summed E-state index contributed by atoms with van der Waals surface area (Å²) in [6.07, 6.45) is 2.98. The van der Waals surface area contributed by atoms with E-state index in [1.165, 1.54) is 25.3 Å². The number of carbonyl (C=O) groups is 1. The Morgan fingerprint density at radius 1 is 1.14 bits per heavy atom. The Morgan fingerprint density at radius 2 is 1.86 bits per heavy atom. The first-order chi connectivity index (χ1) is 13.3. The summed E-state index contributed by atoms with van der Waals surface area (Å²) in [4.78, 5) is 14.7. The van der Waals surface area contributed by atoms with E-state index >= 15 is 0 Å². The number of nitrogens with one attached hydrogen (secondary N) is 1. The van der Waals surface area contributed by atoms with Gasteiger partial charge in [-0.05, 0) is 71.6 Å². The molecule has 6 nitrogen and oxygen atoms in total. The maximum atomic E-state index is 12.9. The van der Waals surface area contributed by atoms with Gasteiger partial charge in [-0.2, -0.15) is 0 Å². The Morgan fingerprint density at radius 3 is 2.50 bits per heavy atom. The highest BCUT2D eigenvalue weighted by molar-refractivity contribution is 9.10.